The molecule has 0 aliphatic carbocycles. The van der Waals surface area contributed by atoms with Crippen molar-refractivity contribution in [3.05, 3.63) is 65.7 Å². The summed E-state index contributed by atoms with van der Waals surface area (Å²) in [6.07, 6.45) is 2.38. The van der Waals surface area contributed by atoms with Crippen LogP contribution >= 0.6 is 0 Å². The summed E-state index contributed by atoms with van der Waals surface area (Å²) in [6.45, 7) is 3.82. The van der Waals surface area contributed by atoms with E-state index in [1.165, 1.54) is 19.2 Å². The number of rotatable bonds is 6. The van der Waals surface area contributed by atoms with Gasteiger partial charge in [0.25, 0.3) is 0 Å². The molecule has 0 fully saturated rings. The quantitative estimate of drug-likeness (QED) is 0.661. The lowest BCUT2D eigenvalue weighted by atomic mass is 9.77. The Balaban J connectivity index is 2.18. The molecule has 148 valence electrons. The molecule has 0 saturated carbocycles. The second-order valence-electron chi connectivity index (χ2n) is 7.09. The number of carbonyl (C=O) groups excluding carboxylic acids is 1. The first-order valence-corrected chi connectivity index (χ1v) is 9.41. The zero-order valence-electron chi connectivity index (χ0n) is 16.3. The summed E-state index contributed by atoms with van der Waals surface area (Å²) in [5.41, 5.74) is 0.203. The van der Waals surface area contributed by atoms with Crippen molar-refractivity contribution in [3.63, 3.8) is 0 Å². The van der Waals surface area contributed by atoms with Crippen LogP contribution < -0.4 is 5.01 Å². The monoisotopic (exact) mass is 386 g/mol. The molecule has 0 spiro atoms. The summed E-state index contributed by atoms with van der Waals surface area (Å²) in [5, 5.41) is 6.27. The predicted octanol–water partition coefficient (Wildman–Crippen LogP) is 4.93. The number of hydrazone groups is 1. The van der Waals surface area contributed by atoms with E-state index < -0.39 is 29.1 Å². The second kappa shape index (κ2) is 8.09. The molecule has 0 amide bonds. The summed E-state index contributed by atoms with van der Waals surface area (Å²) in [7, 11) is 1.34. The smallest absolute Gasteiger partial charge is 0.334 e. The fourth-order valence-electron chi connectivity index (χ4n) is 3.79. The van der Waals surface area contributed by atoms with Gasteiger partial charge in [0, 0.05) is 17.5 Å². The van der Waals surface area contributed by atoms with Gasteiger partial charge >= 0.3 is 5.97 Å². The van der Waals surface area contributed by atoms with E-state index in [0.717, 1.165) is 18.9 Å². The minimum absolute atomic E-state index is 0.205. The number of nitrogens with zero attached hydrogens (tertiary/aromatic N) is 2. The van der Waals surface area contributed by atoms with Crippen molar-refractivity contribution in [2.24, 2.45) is 11.0 Å². The molecule has 1 heterocycles. The highest BCUT2D eigenvalue weighted by Crippen LogP contribution is 2.42. The topological polar surface area (TPSA) is 41.9 Å². The van der Waals surface area contributed by atoms with Crippen LogP contribution in [0, 0.1) is 17.6 Å². The zero-order valence-corrected chi connectivity index (χ0v) is 16.3. The Morgan fingerprint density at radius 3 is 2.54 bits per heavy atom. The van der Waals surface area contributed by atoms with Crippen LogP contribution in [0.25, 0.3) is 0 Å². The standard InChI is InChI=1S/C22H24F2N2O2/c1-4-5-11-18-20(17-13-12-15(23)14-19(17)24)25-26(16-9-7-6-8-10-16)22(18,2)21(27)28-3/h6-10,12-14,18H,4-5,11H2,1-3H3. The molecule has 4 nitrogen and oxygen atoms in total. The predicted molar refractivity (Wildman–Crippen MR) is 105 cm³/mol. The Kier molecular flexibility index (Phi) is 5.77. The van der Waals surface area contributed by atoms with E-state index in [4.69, 9.17) is 4.74 Å². The summed E-state index contributed by atoms with van der Waals surface area (Å²) >= 11 is 0. The van der Waals surface area contributed by atoms with Crippen molar-refractivity contribution in [1.82, 2.24) is 0 Å². The van der Waals surface area contributed by atoms with E-state index in [1.807, 2.05) is 30.3 Å². The SMILES string of the molecule is CCCCC1C(c2ccc(F)cc2F)=NN(c2ccccc2)C1(C)C(=O)OC. The Labute approximate surface area is 163 Å². The van der Waals surface area contributed by atoms with Crippen LogP contribution in [0.2, 0.25) is 0 Å². The van der Waals surface area contributed by atoms with Crippen molar-refractivity contribution < 1.29 is 18.3 Å². The largest absolute Gasteiger partial charge is 0.467 e. The van der Waals surface area contributed by atoms with Crippen molar-refractivity contribution >= 4 is 17.4 Å². The molecule has 0 aromatic heterocycles. The molecule has 2 aromatic carbocycles. The molecule has 1 aliphatic heterocycles. The molecule has 0 N–H and O–H groups in total. The molecule has 0 saturated heterocycles. The number of ether oxygens (including phenoxy) is 1. The maximum atomic E-state index is 14.6. The van der Waals surface area contributed by atoms with Crippen LogP contribution in [0.15, 0.2) is 53.6 Å². The van der Waals surface area contributed by atoms with Gasteiger partial charge in [-0.05, 0) is 37.6 Å². The number of para-hydroxylation sites is 1. The molecule has 2 unspecified atom stereocenters. The molecule has 28 heavy (non-hydrogen) atoms. The molecule has 1 aliphatic rings. The first-order valence-electron chi connectivity index (χ1n) is 9.41. The number of benzene rings is 2. The van der Waals surface area contributed by atoms with Crippen molar-refractivity contribution in [2.75, 3.05) is 12.1 Å². The van der Waals surface area contributed by atoms with Crippen LogP contribution in [0.3, 0.4) is 0 Å². The molecule has 0 radical (unpaired) electrons. The van der Waals surface area contributed by atoms with E-state index >= 15 is 0 Å². The Hall–Kier alpha value is -2.76. The first-order chi connectivity index (χ1) is 13.4. The van der Waals surface area contributed by atoms with Gasteiger partial charge in [-0.15, -0.1) is 0 Å². The number of hydrogen-bond acceptors (Lipinski definition) is 4. The summed E-state index contributed by atoms with van der Waals surface area (Å²) < 4.78 is 33.2. The number of esters is 1. The molecule has 2 atom stereocenters. The highest BCUT2D eigenvalue weighted by atomic mass is 19.1. The lowest BCUT2D eigenvalue weighted by Gasteiger charge is -2.36. The van der Waals surface area contributed by atoms with E-state index in [1.54, 1.807) is 11.9 Å². The van der Waals surface area contributed by atoms with Crippen molar-refractivity contribution in [3.8, 4) is 0 Å². The molecule has 2 aromatic rings. The van der Waals surface area contributed by atoms with E-state index in [-0.39, 0.29) is 5.56 Å². The summed E-state index contributed by atoms with van der Waals surface area (Å²) in [6, 6.07) is 12.7. The van der Waals surface area contributed by atoms with E-state index in [9.17, 15) is 13.6 Å². The highest BCUT2D eigenvalue weighted by Gasteiger charge is 2.54. The van der Waals surface area contributed by atoms with Crippen LogP contribution in [0.4, 0.5) is 14.5 Å². The normalized spacial score (nSPS) is 21.5. The average molecular weight is 386 g/mol. The number of methoxy groups -OCH3 is 1. The van der Waals surface area contributed by atoms with Gasteiger partial charge < -0.3 is 4.74 Å². The second-order valence-corrected chi connectivity index (χ2v) is 7.09. The number of halogens is 2. The summed E-state index contributed by atoms with van der Waals surface area (Å²) in [5.74, 6) is -2.19. The van der Waals surface area contributed by atoms with Crippen LogP contribution in [-0.2, 0) is 9.53 Å². The maximum absolute atomic E-state index is 14.6. The van der Waals surface area contributed by atoms with Crippen molar-refractivity contribution in [1.29, 1.82) is 0 Å². The minimum atomic E-state index is -1.14. The van der Waals surface area contributed by atoms with Gasteiger partial charge in [-0.1, -0.05) is 38.0 Å². The first kappa shape index (κ1) is 20.0. The number of hydrogen-bond donors (Lipinski definition) is 0. The molecular weight excluding hydrogens is 362 g/mol. The number of anilines is 1. The molecule has 0 bridgehead atoms. The van der Waals surface area contributed by atoms with Crippen LogP contribution in [-0.4, -0.2) is 24.3 Å². The van der Waals surface area contributed by atoms with Gasteiger partial charge in [-0.3, -0.25) is 0 Å². The third-order valence-electron chi connectivity index (χ3n) is 5.31. The lowest BCUT2D eigenvalue weighted by Crippen LogP contribution is -2.53. The van der Waals surface area contributed by atoms with Crippen LogP contribution in [0.5, 0.6) is 0 Å². The Bertz CT molecular complexity index is 885. The Morgan fingerprint density at radius 1 is 1.21 bits per heavy atom. The minimum Gasteiger partial charge on any atom is -0.467 e. The van der Waals surface area contributed by atoms with Gasteiger partial charge in [0.1, 0.15) is 11.6 Å². The number of carbonyl (C=O) groups is 1. The van der Waals surface area contributed by atoms with Crippen LogP contribution in [0.1, 0.15) is 38.7 Å². The lowest BCUT2D eigenvalue weighted by molar-refractivity contribution is -0.147. The van der Waals surface area contributed by atoms with E-state index in [0.29, 0.717) is 17.8 Å². The highest BCUT2D eigenvalue weighted by molar-refractivity contribution is 6.10. The average Bonchev–Trinajstić information content (AvgIpc) is 2.99. The molecule has 6 heteroatoms. The summed E-state index contributed by atoms with van der Waals surface area (Å²) in [4.78, 5) is 12.9. The van der Waals surface area contributed by atoms with Crippen molar-refractivity contribution in [2.45, 2.75) is 38.6 Å². The zero-order chi connectivity index (χ0) is 20.3. The molecular formula is C22H24F2N2O2. The van der Waals surface area contributed by atoms with E-state index in [2.05, 4.69) is 12.0 Å². The van der Waals surface area contributed by atoms with Gasteiger partial charge in [-0.2, -0.15) is 5.10 Å². The fourth-order valence-corrected chi connectivity index (χ4v) is 3.79. The van der Waals surface area contributed by atoms with Gasteiger partial charge in [-0.25, -0.2) is 18.6 Å². The molecule has 3 rings (SSSR count). The van der Waals surface area contributed by atoms with Gasteiger partial charge in [0.2, 0.25) is 0 Å². The third-order valence-corrected chi connectivity index (χ3v) is 5.31. The van der Waals surface area contributed by atoms with Gasteiger partial charge in [0.15, 0.2) is 5.54 Å². The number of unbranched alkanes of at least 4 members (excludes halogenated alkanes) is 1. The van der Waals surface area contributed by atoms with Gasteiger partial charge in [0.05, 0.1) is 18.5 Å². The third kappa shape index (κ3) is 3.39. The Morgan fingerprint density at radius 2 is 1.93 bits per heavy atom. The fraction of sp³-hybridized carbons (Fsp3) is 0.364. The maximum Gasteiger partial charge on any atom is 0.334 e.